The van der Waals surface area contributed by atoms with Crippen LogP contribution in [0, 0.1) is 29.1 Å². The molecule has 1 saturated carbocycles. The molecule has 0 spiro atoms. The third kappa shape index (κ3) is 5.20. The lowest BCUT2D eigenvalue weighted by molar-refractivity contribution is 0.236. The van der Waals surface area contributed by atoms with E-state index >= 15 is 0 Å². The highest BCUT2D eigenvalue weighted by Crippen LogP contribution is 2.37. The van der Waals surface area contributed by atoms with Gasteiger partial charge in [0.25, 0.3) is 0 Å². The van der Waals surface area contributed by atoms with Crippen LogP contribution in [0.3, 0.4) is 0 Å². The highest BCUT2D eigenvalue weighted by atomic mass is 19.1. The average molecular weight is 547 g/mol. The Bertz CT molecular complexity index is 1760. The molecule has 1 aliphatic carbocycles. The molecule has 4 aromatic rings. The van der Waals surface area contributed by atoms with Crippen molar-refractivity contribution in [1.82, 2.24) is 25.9 Å². The first-order valence-electron chi connectivity index (χ1n) is 13.6. The molecule has 2 aliphatic rings. The van der Waals surface area contributed by atoms with Crippen LogP contribution in [0.15, 0.2) is 66.8 Å². The van der Waals surface area contributed by atoms with Gasteiger partial charge in [-0.05, 0) is 35.2 Å². The predicted octanol–water partition coefficient (Wildman–Crippen LogP) is 5.52. The van der Waals surface area contributed by atoms with Crippen molar-refractivity contribution in [2.45, 2.75) is 45.4 Å². The van der Waals surface area contributed by atoms with Crippen LogP contribution in [-0.4, -0.2) is 33.7 Å². The molecule has 206 valence electrons. The minimum atomic E-state index is -0.858. The third-order valence-electron chi connectivity index (χ3n) is 7.30. The summed E-state index contributed by atoms with van der Waals surface area (Å²) in [6, 6.07) is 15.4. The van der Waals surface area contributed by atoms with Crippen LogP contribution in [0.1, 0.15) is 49.9 Å². The summed E-state index contributed by atoms with van der Waals surface area (Å²) in [6.07, 6.45) is 10.8. The number of pyridine rings is 2. The minimum absolute atomic E-state index is 0.00252. The average Bonchev–Trinajstić information content (AvgIpc) is 3.50. The van der Waals surface area contributed by atoms with Gasteiger partial charge in [-0.3, -0.25) is 15.0 Å². The zero-order valence-corrected chi connectivity index (χ0v) is 23.2. The monoisotopic (exact) mass is 546 g/mol. The second-order valence-electron chi connectivity index (χ2n) is 11.7. The van der Waals surface area contributed by atoms with Gasteiger partial charge in [0, 0.05) is 48.0 Å². The summed E-state index contributed by atoms with van der Waals surface area (Å²) in [5, 5.41) is 20.8. The molecule has 2 aromatic heterocycles. The number of nitrogens with one attached hydrogen (secondary N) is 4. The molecular formula is C32H31FN8. The van der Waals surface area contributed by atoms with Crippen LogP contribution >= 0.6 is 0 Å². The Morgan fingerprint density at radius 1 is 1.17 bits per heavy atom. The Balaban J connectivity index is 1.48. The molecule has 9 heteroatoms. The largest absolute Gasteiger partial charge is 0.383 e. The normalized spacial score (nSPS) is 18.8. The van der Waals surface area contributed by atoms with Crippen LogP contribution < -0.4 is 21.6 Å². The molecule has 6 rings (SSSR count). The van der Waals surface area contributed by atoms with E-state index in [9.17, 15) is 9.65 Å². The van der Waals surface area contributed by atoms with Crippen molar-refractivity contribution in [2.75, 3.05) is 17.2 Å². The Morgan fingerprint density at radius 3 is 2.73 bits per heavy atom. The molecule has 3 heterocycles. The molecule has 8 nitrogen and oxygen atoms in total. The number of terminal acetylenes is 1. The van der Waals surface area contributed by atoms with E-state index in [1.165, 1.54) is 0 Å². The number of halogens is 1. The van der Waals surface area contributed by atoms with E-state index in [0.717, 1.165) is 33.2 Å². The van der Waals surface area contributed by atoms with Gasteiger partial charge in [-0.1, -0.05) is 44.9 Å². The van der Waals surface area contributed by atoms with E-state index in [0.29, 0.717) is 35.3 Å². The summed E-state index contributed by atoms with van der Waals surface area (Å²) in [7, 11) is 0. The summed E-state index contributed by atoms with van der Waals surface area (Å²) in [5.74, 6) is 2.74. The standard InChI is InChI=1S/C32H31FN8/c1-5-19-16-36-30-20(15-34)12-21(13-24(30)29(19)37-18-32(2,3)4)38-31(27-17-41(40-39-27)28-14-25(28)33)23-8-6-10-26-22(23)9-7-11-35-26/h1,6-13,16-17,25,28,31,38-40H,14,18H2,2-4H3,(H,36,37)/t25-,28+,31-/m0/s1. The van der Waals surface area contributed by atoms with Crippen LogP contribution in [-0.2, 0) is 0 Å². The number of alkyl halides is 1. The number of hydrogen-bond acceptors (Lipinski definition) is 8. The summed E-state index contributed by atoms with van der Waals surface area (Å²) in [5.41, 5.74) is 12.1. The van der Waals surface area contributed by atoms with Gasteiger partial charge in [0.05, 0.1) is 45.6 Å². The molecule has 2 aromatic carbocycles. The molecule has 1 aliphatic heterocycles. The molecule has 4 N–H and O–H groups in total. The molecule has 0 bridgehead atoms. The molecule has 0 saturated heterocycles. The van der Waals surface area contributed by atoms with Crippen LogP contribution in [0.5, 0.6) is 0 Å². The van der Waals surface area contributed by atoms with Crippen LogP contribution in [0.4, 0.5) is 15.8 Å². The first kappa shape index (κ1) is 26.4. The van der Waals surface area contributed by atoms with Gasteiger partial charge in [-0.15, -0.1) is 12.0 Å². The Kier molecular flexibility index (Phi) is 6.61. The van der Waals surface area contributed by atoms with Crippen LogP contribution in [0.2, 0.25) is 0 Å². The molecule has 0 radical (unpaired) electrons. The summed E-state index contributed by atoms with van der Waals surface area (Å²) in [4.78, 5) is 9.09. The molecule has 0 amide bonds. The number of hydrazine groups is 2. The van der Waals surface area contributed by atoms with Crippen molar-refractivity contribution < 1.29 is 4.39 Å². The maximum absolute atomic E-state index is 13.9. The number of anilines is 2. The second-order valence-corrected chi connectivity index (χ2v) is 11.7. The van der Waals surface area contributed by atoms with Gasteiger partial charge in [-0.2, -0.15) is 5.26 Å². The quantitative estimate of drug-likeness (QED) is 0.225. The molecule has 3 atom stereocenters. The Hall–Kier alpha value is -4.86. The topological polar surface area (TPSA) is 101 Å². The van der Waals surface area contributed by atoms with Crippen molar-refractivity contribution >= 4 is 33.2 Å². The third-order valence-corrected chi connectivity index (χ3v) is 7.30. The van der Waals surface area contributed by atoms with Crippen LogP contribution in [0.25, 0.3) is 21.8 Å². The fourth-order valence-corrected chi connectivity index (χ4v) is 5.10. The minimum Gasteiger partial charge on any atom is -0.383 e. The van der Waals surface area contributed by atoms with Crippen molar-refractivity contribution in [1.29, 1.82) is 5.26 Å². The van der Waals surface area contributed by atoms with Gasteiger partial charge in [-0.25, -0.2) is 4.39 Å². The van der Waals surface area contributed by atoms with E-state index in [2.05, 4.69) is 64.3 Å². The highest BCUT2D eigenvalue weighted by molar-refractivity contribution is 5.99. The first-order chi connectivity index (χ1) is 19.8. The molecule has 0 unspecified atom stereocenters. The zero-order valence-electron chi connectivity index (χ0n) is 23.2. The summed E-state index contributed by atoms with van der Waals surface area (Å²) in [6.45, 7) is 7.11. The fraction of sp³-hybridized carbons (Fsp3) is 0.281. The molecule has 1 fully saturated rings. The molecular weight excluding hydrogens is 515 g/mol. The van der Waals surface area contributed by atoms with Gasteiger partial charge < -0.3 is 16.1 Å². The van der Waals surface area contributed by atoms with E-state index in [4.69, 9.17) is 6.42 Å². The fourth-order valence-electron chi connectivity index (χ4n) is 5.10. The number of benzene rings is 2. The van der Waals surface area contributed by atoms with E-state index in [1.54, 1.807) is 23.5 Å². The number of nitriles is 1. The number of nitrogens with zero attached hydrogens (tertiary/aromatic N) is 4. The maximum Gasteiger partial charge on any atom is 0.124 e. The summed E-state index contributed by atoms with van der Waals surface area (Å²) < 4.78 is 13.9. The summed E-state index contributed by atoms with van der Waals surface area (Å²) >= 11 is 0. The van der Waals surface area contributed by atoms with Gasteiger partial charge in [0.2, 0.25) is 0 Å². The van der Waals surface area contributed by atoms with Crippen molar-refractivity contribution in [3.63, 3.8) is 0 Å². The zero-order chi connectivity index (χ0) is 28.7. The smallest absolute Gasteiger partial charge is 0.124 e. The maximum atomic E-state index is 13.9. The van der Waals surface area contributed by atoms with E-state index in [-0.39, 0.29) is 17.5 Å². The SMILES string of the molecule is C#Cc1cnc2c(C#N)cc(N[C@H](C3=CN([C@@H]4C[C@@H]4F)NN3)c3cccc4ncccc34)cc2c1NCC(C)(C)C. The van der Waals surface area contributed by atoms with E-state index in [1.807, 2.05) is 42.6 Å². The lowest BCUT2D eigenvalue weighted by atomic mass is 9.96. The lowest BCUT2D eigenvalue weighted by Crippen LogP contribution is -2.39. The molecule has 41 heavy (non-hydrogen) atoms. The highest BCUT2D eigenvalue weighted by Gasteiger charge is 2.43. The van der Waals surface area contributed by atoms with Gasteiger partial charge in [0.1, 0.15) is 12.2 Å². The van der Waals surface area contributed by atoms with Crippen molar-refractivity contribution in [3.05, 3.63) is 83.4 Å². The van der Waals surface area contributed by atoms with Gasteiger partial charge in [0.15, 0.2) is 0 Å². The van der Waals surface area contributed by atoms with Gasteiger partial charge >= 0.3 is 0 Å². The number of rotatable bonds is 7. The Labute approximate surface area is 238 Å². The number of aromatic nitrogens is 2. The van der Waals surface area contributed by atoms with E-state index < -0.39 is 6.17 Å². The number of hydrogen-bond donors (Lipinski definition) is 4. The van der Waals surface area contributed by atoms with Crippen molar-refractivity contribution in [2.24, 2.45) is 5.41 Å². The predicted molar refractivity (Wildman–Crippen MR) is 160 cm³/mol. The Morgan fingerprint density at radius 2 is 2.00 bits per heavy atom. The first-order valence-corrected chi connectivity index (χ1v) is 13.6. The van der Waals surface area contributed by atoms with Crippen molar-refractivity contribution in [3.8, 4) is 18.4 Å². The number of fused-ring (bicyclic) bond motifs is 2. The lowest BCUT2D eigenvalue weighted by Gasteiger charge is -2.24. The second kappa shape index (κ2) is 10.3.